The summed E-state index contributed by atoms with van der Waals surface area (Å²) in [6.07, 6.45) is 0. The van der Waals surface area contributed by atoms with E-state index in [2.05, 4.69) is 4.99 Å². The van der Waals surface area contributed by atoms with Gasteiger partial charge >= 0.3 is 0 Å². The van der Waals surface area contributed by atoms with Crippen LogP contribution in [0, 0.1) is 0 Å². The number of hydrogen-bond donors (Lipinski definition) is 1. The number of carbonyl (C=O) groups excluding carboxylic acids is 1. The zero-order valence-corrected chi connectivity index (χ0v) is 5.34. The van der Waals surface area contributed by atoms with Crippen molar-refractivity contribution >= 4 is 11.9 Å². The Morgan fingerprint density at radius 3 is 2.33 bits per heavy atom. The predicted octanol–water partition coefficient (Wildman–Crippen LogP) is -0.364. The molecule has 0 aromatic carbocycles. The summed E-state index contributed by atoms with van der Waals surface area (Å²) in [7, 11) is 0. The Morgan fingerprint density at radius 1 is 1.67 bits per heavy atom. The molecule has 0 aliphatic carbocycles. The van der Waals surface area contributed by atoms with Gasteiger partial charge in [0, 0.05) is 0 Å². The molecule has 4 nitrogen and oxygen atoms in total. The average molecular weight is 128 g/mol. The Balaban J connectivity index is 2.84. The standard InChI is InChI=1S/C5H8N2O2/c1-5(2)3(8)7-4(6)9-5/h1-2H3,(H2,6,7,8). The minimum atomic E-state index is -0.843. The zero-order valence-electron chi connectivity index (χ0n) is 5.34. The normalized spacial score (nSPS) is 23.3. The second-order valence-corrected chi connectivity index (χ2v) is 2.37. The van der Waals surface area contributed by atoms with Gasteiger partial charge in [-0.2, -0.15) is 4.99 Å². The number of hydrogen-bond acceptors (Lipinski definition) is 3. The fourth-order valence-corrected chi connectivity index (χ4v) is 0.563. The molecule has 0 aromatic heterocycles. The minimum absolute atomic E-state index is 0.0370. The van der Waals surface area contributed by atoms with E-state index in [1.807, 2.05) is 0 Å². The van der Waals surface area contributed by atoms with Gasteiger partial charge in [-0.15, -0.1) is 0 Å². The summed E-state index contributed by atoms with van der Waals surface area (Å²) >= 11 is 0. The second kappa shape index (κ2) is 1.46. The van der Waals surface area contributed by atoms with Crippen molar-refractivity contribution < 1.29 is 9.53 Å². The van der Waals surface area contributed by atoms with E-state index in [-0.39, 0.29) is 11.9 Å². The predicted molar refractivity (Wildman–Crippen MR) is 31.8 cm³/mol. The van der Waals surface area contributed by atoms with Gasteiger partial charge in [-0.3, -0.25) is 4.79 Å². The van der Waals surface area contributed by atoms with Crippen LogP contribution in [-0.4, -0.2) is 17.5 Å². The van der Waals surface area contributed by atoms with Gasteiger partial charge in [-0.05, 0) is 13.8 Å². The summed E-state index contributed by atoms with van der Waals surface area (Å²) in [5.41, 5.74) is 4.26. The molecule has 9 heavy (non-hydrogen) atoms. The molecule has 0 saturated heterocycles. The zero-order chi connectivity index (χ0) is 7.07. The quantitative estimate of drug-likeness (QED) is 0.484. The topological polar surface area (TPSA) is 64.7 Å². The highest BCUT2D eigenvalue weighted by atomic mass is 16.5. The highest BCUT2D eigenvalue weighted by Gasteiger charge is 2.35. The summed E-state index contributed by atoms with van der Waals surface area (Å²) in [6.45, 7) is 3.25. The molecule has 50 valence electrons. The van der Waals surface area contributed by atoms with E-state index in [1.54, 1.807) is 13.8 Å². The fourth-order valence-electron chi connectivity index (χ4n) is 0.563. The van der Waals surface area contributed by atoms with E-state index in [9.17, 15) is 4.79 Å². The number of amidine groups is 1. The summed E-state index contributed by atoms with van der Waals surface area (Å²) in [4.78, 5) is 14.1. The number of rotatable bonds is 0. The smallest absolute Gasteiger partial charge is 0.293 e. The van der Waals surface area contributed by atoms with Crippen molar-refractivity contribution in [1.29, 1.82) is 0 Å². The van der Waals surface area contributed by atoms with Crippen LogP contribution in [0.3, 0.4) is 0 Å². The molecule has 1 heterocycles. The lowest BCUT2D eigenvalue weighted by molar-refractivity contribution is -0.128. The first-order valence-corrected chi connectivity index (χ1v) is 2.60. The number of carbonyl (C=O) groups is 1. The van der Waals surface area contributed by atoms with Crippen LogP contribution in [0.25, 0.3) is 0 Å². The van der Waals surface area contributed by atoms with Crippen molar-refractivity contribution in [2.75, 3.05) is 0 Å². The van der Waals surface area contributed by atoms with Gasteiger partial charge in [0.1, 0.15) is 0 Å². The number of ether oxygens (including phenoxy) is 1. The van der Waals surface area contributed by atoms with Gasteiger partial charge in [0.2, 0.25) is 0 Å². The van der Waals surface area contributed by atoms with Gasteiger partial charge in [0.25, 0.3) is 11.9 Å². The monoisotopic (exact) mass is 128 g/mol. The first kappa shape index (κ1) is 6.07. The van der Waals surface area contributed by atoms with Crippen LogP contribution in [0.15, 0.2) is 4.99 Å². The van der Waals surface area contributed by atoms with E-state index < -0.39 is 5.60 Å². The van der Waals surface area contributed by atoms with Crippen molar-refractivity contribution in [2.24, 2.45) is 10.7 Å². The molecule has 0 saturated carbocycles. The third-order valence-corrected chi connectivity index (χ3v) is 1.09. The van der Waals surface area contributed by atoms with Gasteiger partial charge < -0.3 is 10.5 Å². The summed E-state index contributed by atoms with van der Waals surface area (Å²) < 4.78 is 4.84. The van der Waals surface area contributed by atoms with Gasteiger partial charge in [-0.1, -0.05) is 0 Å². The van der Waals surface area contributed by atoms with Crippen molar-refractivity contribution in [2.45, 2.75) is 19.4 Å². The van der Waals surface area contributed by atoms with Crippen LogP contribution >= 0.6 is 0 Å². The number of amides is 1. The maximum absolute atomic E-state index is 10.7. The molecule has 1 rings (SSSR count). The molecule has 0 aromatic rings. The Labute approximate surface area is 52.7 Å². The van der Waals surface area contributed by atoms with Gasteiger partial charge in [-0.25, -0.2) is 0 Å². The molecule has 4 heteroatoms. The van der Waals surface area contributed by atoms with Crippen molar-refractivity contribution in [3.8, 4) is 0 Å². The van der Waals surface area contributed by atoms with Gasteiger partial charge in [0.15, 0.2) is 5.60 Å². The lowest BCUT2D eigenvalue weighted by Crippen LogP contribution is -2.30. The molecule has 2 N–H and O–H groups in total. The number of nitrogens with two attached hydrogens (primary N) is 1. The SMILES string of the molecule is CC1(C)OC(N)=NC1=O. The maximum atomic E-state index is 10.7. The lowest BCUT2D eigenvalue weighted by atomic mass is 10.1. The van der Waals surface area contributed by atoms with Crippen LogP contribution in [0.1, 0.15) is 13.8 Å². The van der Waals surface area contributed by atoms with Crippen LogP contribution in [-0.2, 0) is 9.53 Å². The number of aliphatic imine (C=N–C) groups is 1. The average Bonchev–Trinajstić information content (AvgIpc) is 1.79. The minimum Gasteiger partial charge on any atom is -0.449 e. The molecular weight excluding hydrogens is 120 g/mol. The Hall–Kier alpha value is -1.06. The Bertz CT molecular complexity index is 183. The third-order valence-electron chi connectivity index (χ3n) is 1.09. The van der Waals surface area contributed by atoms with Crippen molar-refractivity contribution in [3.05, 3.63) is 0 Å². The largest absolute Gasteiger partial charge is 0.449 e. The van der Waals surface area contributed by atoms with Crippen LogP contribution in [0.2, 0.25) is 0 Å². The molecule has 0 fully saturated rings. The number of nitrogens with zero attached hydrogens (tertiary/aromatic N) is 1. The first-order valence-electron chi connectivity index (χ1n) is 2.60. The third kappa shape index (κ3) is 0.872. The van der Waals surface area contributed by atoms with E-state index in [0.29, 0.717) is 0 Å². The molecule has 0 spiro atoms. The molecule has 1 amide bonds. The lowest BCUT2D eigenvalue weighted by Gasteiger charge is -2.12. The molecule has 1 aliphatic heterocycles. The summed E-state index contributed by atoms with van der Waals surface area (Å²) in [5.74, 6) is -0.319. The van der Waals surface area contributed by atoms with Gasteiger partial charge in [0.05, 0.1) is 0 Å². The van der Waals surface area contributed by atoms with E-state index in [4.69, 9.17) is 10.5 Å². The van der Waals surface area contributed by atoms with Crippen LogP contribution < -0.4 is 5.73 Å². The van der Waals surface area contributed by atoms with Crippen molar-refractivity contribution in [3.63, 3.8) is 0 Å². The van der Waals surface area contributed by atoms with E-state index >= 15 is 0 Å². The highest BCUT2D eigenvalue weighted by molar-refractivity contribution is 6.00. The Kier molecular flexibility index (Phi) is 0.986. The summed E-state index contributed by atoms with van der Waals surface area (Å²) in [5, 5.41) is 0. The molecule has 0 unspecified atom stereocenters. The van der Waals surface area contributed by atoms with Crippen molar-refractivity contribution in [1.82, 2.24) is 0 Å². The maximum Gasteiger partial charge on any atom is 0.293 e. The van der Waals surface area contributed by atoms with E-state index in [0.717, 1.165) is 0 Å². The Morgan fingerprint density at radius 2 is 2.22 bits per heavy atom. The molecule has 0 radical (unpaired) electrons. The van der Waals surface area contributed by atoms with E-state index in [1.165, 1.54) is 0 Å². The van der Waals surface area contributed by atoms with Crippen LogP contribution in [0.4, 0.5) is 0 Å². The molecule has 1 aliphatic rings. The second-order valence-electron chi connectivity index (χ2n) is 2.37. The van der Waals surface area contributed by atoms with Crippen LogP contribution in [0.5, 0.6) is 0 Å². The first-order chi connectivity index (χ1) is 4.02. The fraction of sp³-hybridized carbons (Fsp3) is 0.600. The molecule has 0 atom stereocenters. The summed E-state index contributed by atoms with van der Waals surface area (Å²) in [6, 6.07) is -0.0370. The highest BCUT2D eigenvalue weighted by Crippen LogP contribution is 2.16. The molecular formula is C5H8N2O2. The molecule has 0 bridgehead atoms.